The first-order valence-electron chi connectivity index (χ1n) is 8.45. The molecule has 0 N–H and O–H groups in total. The highest BCUT2D eigenvalue weighted by Crippen LogP contribution is 2.25. The second-order valence-electron chi connectivity index (χ2n) is 5.98. The second kappa shape index (κ2) is 8.17. The van der Waals surface area contributed by atoms with E-state index in [1.54, 1.807) is 7.05 Å². The summed E-state index contributed by atoms with van der Waals surface area (Å²) in [5, 5.41) is 0. The van der Waals surface area contributed by atoms with E-state index in [0.29, 0.717) is 0 Å². The maximum Gasteiger partial charge on any atom is 0.414 e. The molecular weight excluding hydrogens is 322 g/mol. The molecule has 0 atom stereocenters. The average Bonchev–Trinajstić information content (AvgIpc) is 2.72. The molecule has 26 heavy (non-hydrogen) atoms. The zero-order valence-electron chi connectivity index (χ0n) is 14.8. The molecule has 0 bridgehead atoms. The molecule has 0 spiro atoms. The zero-order valence-corrected chi connectivity index (χ0v) is 14.8. The van der Waals surface area contributed by atoms with Crippen molar-refractivity contribution in [3.63, 3.8) is 0 Å². The van der Waals surface area contributed by atoms with Gasteiger partial charge in [-0.2, -0.15) is 0 Å². The lowest BCUT2D eigenvalue weighted by Gasteiger charge is -2.18. The third kappa shape index (κ3) is 4.19. The summed E-state index contributed by atoms with van der Waals surface area (Å²) < 4.78 is 5.40. The topological polar surface area (TPSA) is 29.5 Å². The first-order valence-corrected chi connectivity index (χ1v) is 8.45. The third-order valence-corrected chi connectivity index (χ3v) is 4.17. The van der Waals surface area contributed by atoms with E-state index in [1.165, 1.54) is 4.90 Å². The lowest BCUT2D eigenvalue weighted by atomic mass is 10.0. The summed E-state index contributed by atoms with van der Waals surface area (Å²) >= 11 is 0. The van der Waals surface area contributed by atoms with Crippen molar-refractivity contribution in [3.05, 3.63) is 96.6 Å². The number of hydrogen-bond acceptors (Lipinski definition) is 2. The summed E-state index contributed by atoms with van der Waals surface area (Å²) in [7, 11) is 1.71. The predicted molar refractivity (Wildman–Crippen MR) is 107 cm³/mol. The van der Waals surface area contributed by atoms with Crippen LogP contribution in [-0.2, 0) is 11.3 Å². The van der Waals surface area contributed by atoms with Crippen LogP contribution in [0.4, 0.5) is 10.5 Å². The van der Waals surface area contributed by atoms with E-state index in [2.05, 4.69) is 12.6 Å². The standard InChI is InChI=1S/C23H21NO2/c1-3-18-11-7-12-20(15-18)21-13-8-14-22(16-21)24(2)23(25)26-17-19-9-5-4-6-10-19/h3-16H,1,17H2,2H3. The van der Waals surface area contributed by atoms with Gasteiger partial charge in [-0.25, -0.2) is 4.79 Å². The first kappa shape index (κ1) is 17.5. The van der Waals surface area contributed by atoms with Crippen LogP contribution in [0.15, 0.2) is 85.4 Å². The summed E-state index contributed by atoms with van der Waals surface area (Å²) in [6, 6.07) is 25.6. The second-order valence-corrected chi connectivity index (χ2v) is 5.98. The van der Waals surface area contributed by atoms with Gasteiger partial charge < -0.3 is 4.74 Å². The quantitative estimate of drug-likeness (QED) is 0.588. The minimum Gasteiger partial charge on any atom is -0.444 e. The fourth-order valence-corrected chi connectivity index (χ4v) is 2.66. The van der Waals surface area contributed by atoms with Gasteiger partial charge in [0.15, 0.2) is 0 Å². The van der Waals surface area contributed by atoms with Crippen molar-refractivity contribution in [2.75, 3.05) is 11.9 Å². The van der Waals surface area contributed by atoms with Crippen LogP contribution >= 0.6 is 0 Å². The Hall–Kier alpha value is -3.33. The smallest absolute Gasteiger partial charge is 0.414 e. The van der Waals surface area contributed by atoms with Crippen molar-refractivity contribution in [3.8, 4) is 11.1 Å². The summed E-state index contributed by atoms with van der Waals surface area (Å²) in [5.74, 6) is 0. The molecule has 0 saturated heterocycles. The van der Waals surface area contributed by atoms with E-state index in [1.807, 2.05) is 78.9 Å². The molecule has 0 saturated carbocycles. The monoisotopic (exact) mass is 343 g/mol. The molecule has 0 aliphatic heterocycles. The highest BCUT2D eigenvalue weighted by molar-refractivity contribution is 5.88. The lowest BCUT2D eigenvalue weighted by molar-refractivity contribution is 0.148. The number of carbonyl (C=O) groups is 1. The molecule has 130 valence electrons. The fourth-order valence-electron chi connectivity index (χ4n) is 2.66. The molecule has 3 nitrogen and oxygen atoms in total. The first-order chi connectivity index (χ1) is 12.7. The fraction of sp³-hybridized carbons (Fsp3) is 0.0870. The summed E-state index contributed by atoms with van der Waals surface area (Å²) in [5.41, 5.74) is 4.92. The molecule has 0 heterocycles. The van der Waals surface area contributed by atoms with Gasteiger partial charge in [0.2, 0.25) is 0 Å². The number of nitrogens with zero attached hydrogens (tertiary/aromatic N) is 1. The molecular formula is C23H21NO2. The van der Waals surface area contributed by atoms with Crippen molar-refractivity contribution in [2.24, 2.45) is 0 Å². The molecule has 3 heteroatoms. The predicted octanol–water partition coefficient (Wildman–Crippen LogP) is 5.77. The van der Waals surface area contributed by atoms with Gasteiger partial charge in [0.25, 0.3) is 0 Å². The zero-order chi connectivity index (χ0) is 18.4. The van der Waals surface area contributed by atoms with E-state index in [4.69, 9.17) is 4.74 Å². The Morgan fingerprint density at radius 3 is 2.38 bits per heavy atom. The molecule has 0 fully saturated rings. The number of carbonyl (C=O) groups excluding carboxylic acids is 1. The van der Waals surface area contributed by atoms with Gasteiger partial charge in [-0.1, -0.05) is 73.3 Å². The van der Waals surface area contributed by atoms with Crippen LogP contribution in [0.25, 0.3) is 17.2 Å². The third-order valence-electron chi connectivity index (χ3n) is 4.17. The van der Waals surface area contributed by atoms with Crippen molar-refractivity contribution in [2.45, 2.75) is 6.61 Å². The highest BCUT2D eigenvalue weighted by atomic mass is 16.6. The number of anilines is 1. The molecule has 0 radical (unpaired) electrons. The SMILES string of the molecule is C=Cc1cccc(-c2cccc(N(C)C(=O)OCc3ccccc3)c2)c1. The Labute approximate surface area is 154 Å². The van der Waals surface area contributed by atoms with Crippen molar-refractivity contribution >= 4 is 17.9 Å². The van der Waals surface area contributed by atoms with E-state index in [0.717, 1.165) is 27.9 Å². The van der Waals surface area contributed by atoms with Crippen LogP contribution in [0.2, 0.25) is 0 Å². The minimum atomic E-state index is -0.383. The Morgan fingerprint density at radius 1 is 0.962 bits per heavy atom. The van der Waals surface area contributed by atoms with Crippen LogP contribution in [-0.4, -0.2) is 13.1 Å². The number of benzene rings is 3. The Bertz CT molecular complexity index is 903. The number of rotatable bonds is 5. The number of amides is 1. The Balaban J connectivity index is 1.74. The summed E-state index contributed by atoms with van der Waals surface area (Å²) in [6.07, 6.45) is 1.44. The number of ether oxygens (including phenoxy) is 1. The molecule has 3 aromatic rings. The van der Waals surface area contributed by atoms with E-state index < -0.39 is 0 Å². The maximum absolute atomic E-state index is 12.4. The van der Waals surface area contributed by atoms with Gasteiger partial charge in [-0.3, -0.25) is 4.90 Å². The van der Waals surface area contributed by atoms with Crippen LogP contribution in [0, 0.1) is 0 Å². The lowest BCUT2D eigenvalue weighted by Crippen LogP contribution is -2.26. The van der Waals surface area contributed by atoms with Gasteiger partial charge in [-0.05, 0) is 40.5 Å². The van der Waals surface area contributed by atoms with Crippen LogP contribution in [0.5, 0.6) is 0 Å². The Kier molecular flexibility index (Phi) is 5.49. The molecule has 0 aliphatic carbocycles. The largest absolute Gasteiger partial charge is 0.444 e. The van der Waals surface area contributed by atoms with Crippen LogP contribution in [0.3, 0.4) is 0 Å². The highest BCUT2D eigenvalue weighted by Gasteiger charge is 2.13. The summed E-state index contributed by atoms with van der Waals surface area (Å²) in [4.78, 5) is 13.9. The van der Waals surface area contributed by atoms with Gasteiger partial charge in [0, 0.05) is 12.7 Å². The normalized spacial score (nSPS) is 10.2. The van der Waals surface area contributed by atoms with Gasteiger partial charge in [0.05, 0.1) is 0 Å². The average molecular weight is 343 g/mol. The molecule has 1 amide bonds. The molecule has 3 rings (SSSR count). The Morgan fingerprint density at radius 2 is 1.65 bits per heavy atom. The van der Waals surface area contributed by atoms with E-state index >= 15 is 0 Å². The van der Waals surface area contributed by atoms with Gasteiger partial charge in [-0.15, -0.1) is 0 Å². The van der Waals surface area contributed by atoms with Crippen molar-refractivity contribution in [1.29, 1.82) is 0 Å². The molecule has 3 aromatic carbocycles. The molecule has 0 aromatic heterocycles. The van der Waals surface area contributed by atoms with E-state index in [9.17, 15) is 4.79 Å². The van der Waals surface area contributed by atoms with E-state index in [-0.39, 0.29) is 12.7 Å². The van der Waals surface area contributed by atoms with Gasteiger partial charge in [0.1, 0.15) is 6.61 Å². The summed E-state index contributed by atoms with van der Waals surface area (Å²) in [6.45, 7) is 4.07. The van der Waals surface area contributed by atoms with Crippen LogP contribution in [0.1, 0.15) is 11.1 Å². The van der Waals surface area contributed by atoms with Crippen LogP contribution < -0.4 is 4.90 Å². The van der Waals surface area contributed by atoms with Crippen molar-refractivity contribution < 1.29 is 9.53 Å². The maximum atomic E-state index is 12.4. The number of hydrogen-bond donors (Lipinski definition) is 0. The van der Waals surface area contributed by atoms with Gasteiger partial charge >= 0.3 is 6.09 Å². The molecule has 0 aliphatic rings. The van der Waals surface area contributed by atoms with Crippen molar-refractivity contribution in [1.82, 2.24) is 0 Å². The molecule has 0 unspecified atom stereocenters. The minimum absolute atomic E-state index is 0.255.